The number of aliphatic carboxylic acids is 1. The second kappa shape index (κ2) is 8.85. The van der Waals surface area contributed by atoms with Gasteiger partial charge in [0.25, 0.3) is 0 Å². The number of aromatic nitrogens is 2. The first-order valence-electron chi connectivity index (χ1n) is 9.52. The van der Waals surface area contributed by atoms with Crippen LogP contribution in [-0.4, -0.2) is 27.0 Å². The van der Waals surface area contributed by atoms with Crippen LogP contribution < -0.4 is 5.32 Å². The van der Waals surface area contributed by atoms with Crippen LogP contribution in [0.4, 0.5) is 5.82 Å². The largest absolute Gasteiger partial charge is 0.478 e. The van der Waals surface area contributed by atoms with Crippen LogP contribution in [0.5, 0.6) is 0 Å². The van der Waals surface area contributed by atoms with Crippen LogP contribution in [0, 0.1) is 0 Å². The lowest BCUT2D eigenvalue weighted by Crippen LogP contribution is -2.15. The van der Waals surface area contributed by atoms with Gasteiger partial charge in [0.05, 0.1) is 12.0 Å². The number of hydrogen-bond acceptors (Lipinski definition) is 3. The van der Waals surface area contributed by atoms with Crippen molar-refractivity contribution in [1.82, 2.24) is 9.97 Å². The van der Waals surface area contributed by atoms with Gasteiger partial charge in [0.1, 0.15) is 11.5 Å². The molecule has 0 radical (unpaired) electrons. The fraction of sp³-hybridized carbons (Fsp3) is 0.0417. The Hall–Kier alpha value is -3.90. The van der Waals surface area contributed by atoms with Crippen LogP contribution in [0.25, 0.3) is 22.7 Å². The zero-order chi connectivity index (χ0) is 21.8. The smallest absolute Gasteiger partial charge is 0.336 e. The van der Waals surface area contributed by atoms with Gasteiger partial charge in [-0.2, -0.15) is 0 Å². The van der Waals surface area contributed by atoms with Gasteiger partial charge in [-0.05, 0) is 41.5 Å². The SMILES string of the molecule is O=C(Cc1cccc(Cl)c1)Nc1ccc2c(/C=C(/C(=O)O)c3ccccc3)c[nH]c2n1. The van der Waals surface area contributed by atoms with Crippen LogP contribution in [-0.2, 0) is 16.0 Å². The van der Waals surface area contributed by atoms with Crippen LogP contribution in [0.15, 0.2) is 72.9 Å². The van der Waals surface area contributed by atoms with Crippen molar-refractivity contribution in [3.63, 3.8) is 0 Å². The Morgan fingerprint density at radius 2 is 1.87 bits per heavy atom. The van der Waals surface area contributed by atoms with Gasteiger partial charge < -0.3 is 15.4 Å². The molecule has 6 nitrogen and oxygen atoms in total. The predicted molar refractivity (Wildman–Crippen MR) is 122 cm³/mol. The number of nitrogens with one attached hydrogen (secondary N) is 2. The highest BCUT2D eigenvalue weighted by Gasteiger charge is 2.13. The summed E-state index contributed by atoms with van der Waals surface area (Å²) in [4.78, 5) is 31.6. The van der Waals surface area contributed by atoms with E-state index in [-0.39, 0.29) is 17.9 Å². The van der Waals surface area contributed by atoms with E-state index >= 15 is 0 Å². The number of H-pyrrole nitrogens is 1. The maximum Gasteiger partial charge on any atom is 0.336 e. The Labute approximate surface area is 183 Å². The summed E-state index contributed by atoms with van der Waals surface area (Å²) in [5.74, 6) is -0.824. The van der Waals surface area contributed by atoms with Gasteiger partial charge in [0.2, 0.25) is 5.91 Å². The lowest BCUT2D eigenvalue weighted by molar-refractivity contribution is -0.130. The first-order chi connectivity index (χ1) is 15.0. The molecule has 0 aliphatic rings. The van der Waals surface area contributed by atoms with Gasteiger partial charge in [0, 0.05) is 22.2 Å². The Bertz CT molecular complexity index is 1300. The van der Waals surface area contributed by atoms with Crippen LogP contribution in [0.2, 0.25) is 5.02 Å². The number of halogens is 1. The summed E-state index contributed by atoms with van der Waals surface area (Å²) < 4.78 is 0. The molecule has 3 N–H and O–H groups in total. The van der Waals surface area contributed by atoms with Crippen molar-refractivity contribution < 1.29 is 14.7 Å². The fourth-order valence-electron chi connectivity index (χ4n) is 3.28. The molecule has 2 aromatic carbocycles. The molecular weight excluding hydrogens is 414 g/mol. The van der Waals surface area contributed by atoms with E-state index in [1.54, 1.807) is 66.9 Å². The molecule has 0 saturated heterocycles. The highest BCUT2D eigenvalue weighted by Crippen LogP contribution is 2.25. The van der Waals surface area contributed by atoms with Crippen LogP contribution in [0.3, 0.4) is 0 Å². The predicted octanol–water partition coefficient (Wildman–Crippen LogP) is 5.02. The normalized spacial score (nSPS) is 11.5. The number of aromatic amines is 1. The van der Waals surface area contributed by atoms with Crippen molar-refractivity contribution in [1.29, 1.82) is 0 Å². The van der Waals surface area contributed by atoms with Gasteiger partial charge in [-0.1, -0.05) is 54.1 Å². The fourth-order valence-corrected chi connectivity index (χ4v) is 3.49. The average Bonchev–Trinajstić information content (AvgIpc) is 3.14. The molecule has 1 amide bonds. The third-order valence-electron chi connectivity index (χ3n) is 4.71. The standard InChI is InChI=1S/C24H18ClN3O3/c25-18-8-4-5-15(11-18)12-22(29)27-21-10-9-19-17(14-26-23(19)28-21)13-20(24(30)31)16-6-2-1-3-7-16/h1-11,13-14H,12H2,(H,30,31)(H2,26,27,28,29)/b20-13+. The lowest BCUT2D eigenvalue weighted by Gasteiger charge is -2.05. The van der Waals surface area contributed by atoms with E-state index in [9.17, 15) is 14.7 Å². The number of fused-ring (bicyclic) bond motifs is 1. The molecule has 4 rings (SSSR count). The number of benzene rings is 2. The number of carbonyl (C=O) groups excluding carboxylic acids is 1. The third kappa shape index (κ3) is 4.82. The molecule has 31 heavy (non-hydrogen) atoms. The van der Waals surface area contributed by atoms with E-state index in [0.717, 1.165) is 10.9 Å². The number of carbonyl (C=O) groups is 2. The summed E-state index contributed by atoms with van der Waals surface area (Å²) in [5, 5.41) is 13.7. The first kappa shape index (κ1) is 20.4. The summed E-state index contributed by atoms with van der Waals surface area (Å²) in [6.45, 7) is 0. The van der Waals surface area contributed by atoms with E-state index < -0.39 is 5.97 Å². The molecule has 154 valence electrons. The van der Waals surface area contributed by atoms with Gasteiger partial charge in [-0.25, -0.2) is 9.78 Å². The molecule has 7 heteroatoms. The number of nitrogens with zero attached hydrogens (tertiary/aromatic N) is 1. The number of carboxylic acids is 1. The Morgan fingerprint density at radius 1 is 1.06 bits per heavy atom. The minimum Gasteiger partial charge on any atom is -0.478 e. The topological polar surface area (TPSA) is 95.1 Å². The molecule has 0 fully saturated rings. The summed E-state index contributed by atoms with van der Waals surface area (Å²) in [7, 11) is 0. The van der Waals surface area contributed by atoms with Gasteiger partial charge in [0.15, 0.2) is 0 Å². The van der Waals surface area contributed by atoms with Crippen molar-refractivity contribution in [2.75, 3.05) is 5.32 Å². The molecule has 0 atom stereocenters. The zero-order valence-electron chi connectivity index (χ0n) is 16.3. The number of pyridine rings is 1. The Kier molecular flexibility index (Phi) is 5.82. The molecule has 4 aromatic rings. The minimum atomic E-state index is -1.02. The number of rotatable bonds is 6. The Balaban J connectivity index is 1.56. The Morgan fingerprint density at radius 3 is 2.61 bits per heavy atom. The highest BCUT2D eigenvalue weighted by molar-refractivity contribution is 6.30. The molecule has 0 spiro atoms. The maximum atomic E-state index is 12.3. The van der Waals surface area contributed by atoms with E-state index in [0.29, 0.717) is 27.6 Å². The second-order valence-electron chi connectivity index (χ2n) is 6.92. The van der Waals surface area contributed by atoms with Crippen LogP contribution in [0.1, 0.15) is 16.7 Å². The van der Waals surface area contributed by atoms with Crippen molar-refractivity contribution in [3.05, 3.63) is 94.6 Å². The van der Waals surface area contributed by atoms with Gasteiger partial charge in [-0.15, -0.1) is 0 Å². The molecule has 0 bridgehead atoms. The number of carboxylic acid groups (broad SMARTS) is 1. The van der Waals surface area contributed by atoms with Gasteiger partial charge >= 0.3 is 5.97 Å². The number of hydrogen-bond donors (Lipinski definition) is 3. The average molecular weight is 432 g/mol. The second-order valence-corrected chi connectivity index (χ2v) is 7.36. The lowest BCUT2D eigenvalue weighted by atomic mass is 10.0. The summed E-state index contributed by atoms with van der Waals surface area (Å²) >= 11 is 5.96. The van der Waals surface area contributed by atoms with Crippen molar-refractivity contribution >= 4 is 52.0 Å². The summed E-state index contributed by atoms with van der Waals surface area (Å²) in [5.41, 5.74) is 2.84. The van der Waals surface area contributed by atoms with Crippen molar-refractivity contribution in [3.8, 4) is 0 Å². The summed E-state index contributed by atoms with van der Waals surface area (Å²) in [6, 6.07) is 19.5. The quantitative estimate of drug-likeness (QED) is 0.373. The van der Waals surface area contributed by atoms with E-state index in [4.69, 9.17) is 11.6 Å². The van der Waals surface area contributed by atoms with Crippen molar-refractivity contribution in [2.24, 2.45) is 0 Å². The molecule has 0 unspecified atom stereocenters. The van der Waals surface area contributed by atoms with Crippen LogP contribution >= 0.6 is 11.6 Å². The van der Waals surface area contributed by atoms with Gasteiger partial charge in [-0.3, -0.25) is 4.79 Å². The molecule has 2 heterocycles. The minimum absolute atomic E-state index is 0.179. The van der Waals surface area contributed by atoms with E-state index in [1.165, 1.54) is 0 Å². The zero-order valence-corrected chi connectivity index (χ0v) is 17.1. The molecule has 0 aliphatic heterocycles. The molecule has 2 aromatic heterocycles. The number of amides is 1. The monoisotopic (exact) mass is 431 g/mol. The van der Waals surface area contributed by atoms with Crippen molar-refractivity contribution in [2.45, 2.75) is 6.42 Å². The molecule has 0 saturated carbocycles. The number of anilines is 1. The maximum absolute atomic E-state index is 12.3. The molecular formula is C24H18ClN3O3. The highest BCUT2D eigenvalue weighted by atomic mass is 35.5. The summed E-state index contributed by atoms with van der Waals surface area (Å²) in [6.07, 6.45) is 3.48. The van der Waals surface area contributed by atoms with E-state index in [2.05, 4.69) is 15.3 Å². The first-order valence-corrected chi connectivity index (χ1v) is 9.90. The third-order valence-corrected chi connectivity index (χ3v) is 4.94. The van der Waals surface area contributed by atoms with E-state index in [1.807, 2.05) is 12.1 Å². The molecule has 0 aliphatic carbocycles.